The number of rotatable bonds is 7. The van der Waals surface area contributed by atoms with Crippen LogP contribution in [0.4, 0.5) is 15.1 Å². The molecule has 40 heavy (non-hydrogen) atoms. The second-order valence-corrected chi connectivity index (χ2v) is 10.6. The fourth-order valence-electron chi connectivity index (χ4n) is 4.64. The summed E-state index contributed by atoms with van der Waals surface area (Å²) in [5, 5.41) is 9.37. The zero-order valence-corrected chi connectivity index (χ0v) is 23.0. The topological polar surface area (TPSA) is 111 Å². The summed E-state index contributed by atoms with van der Waals surface area (Å²) in [7, 11) is 0. The van der Waals surface area contributed by atoms with Gasteiger partial charge in [-0.1, -0.05) is 26.0 Å². The zero-order chi connectivity index (χ0) is 28.6. The van der Waals surface area contributed by atoms with Gasteiger partial charge < -0.3 is 15.0 Å². The summed E-state index contributed by atoms with van der Waals surface area (Å²) in [6.45, 7) is 6.02. The van der Waals surface area contributed by atoms with Gasteiger partial charge in [0.1, 0.15) is 10.8 Å². The Bertz CT molecular complexity index is 1660. The highest BCUT2D eigenvalue weighted by Crippen LogP contribution is 2.33. The van der Waals surface area contributed by atoms with Crippen LogP contribution >= 0.6 is 11.3 Å². The molecular weight excluding hydrogens is 535 g/mol. The standard InChI is InChI=1S/C29H27FN4O5S/c1-4-39-29(38)25-22-15-40-27(24(22)28(37)34(32-25)21-9-5-17(6-10-21)16(2)3)31-26(36)18-13-23(35)33(14-18)20-11-7-19(30)8-12-20/h5-12,15-16,18H,4,13-14H2,1-3H3,(H,31,36). The number of halogens is 1. The van der Waals surface area contributed by atoms with E-state index < -0.39 is 29.2 Å². The number of esters is 1. The van der Waals surface area contributed by atoms with Crippen LogP contribution in [0.25, 0.3) is 16.5 Å². The number of hydrogen-bond donors (Lipinski definition) is 1. The lowest BCUT2D eigenvalue weighted by Crippen LogP contribution is -2.29. The molecule has 0 aliphatic carbocycles. The molecule has 4 aromatic rings. The van der Waals surface area contributed by atoms with E-state index >= 15 is 0 Å². The van der Waals surface area contributed by atoms with Crippen molar-refractivity contribution in [3.05, 3.63) is 81.3 Å². The van der Waals surface area contributed by atoms with Gasteiger partial charge in [0.05, 0.1) is 23.6 Å². The predicted molar refractivity (Wildman–Crippen MR) is 151 cm³/mol. The van der Waals surface area contributed by atoms with Crippen LogP contribution in [0.2, 0.25) is 0 Å². The first-order valence-electron chi connectivity index (χ1n) is 12.9. The van der Waals surface area contributed by atoms with E-state index in [-0.39, 0.29) is 52.9 Å². The molecule has 1 aliphatic heterocycles. The van der Waals surface area contributed by atoms with Crippen molar-refractivity contribution in [2.24, 2.45) is 5.92 Å². The summed E-state index contributed by atoms with van der Waals surface area (Å²) in [5.41, 5.74) is 1.49. The second-order valence-electron chi connectivity index (χ2n) is 9.76. The van der Waals surface area contributed by atoms with Crippen molar-refractivity contribution in [1.29, 1.82) is 0 Å². The van der Waals surface area contributed by atoms with E-state index in [1.54, 1.807) is 24.4 Å². The third kappa shape index (κ3) is 5.12. The largest absolute Gasteiger partial charge is 0.461 e. The number of thiophene rings is 1. The predicted octanol–water partition coefficient (Wildman–Crippen LogP) is 4.88. The average Bonchev–Trinajstić information content (AvgIpc) is 3.54. The van der Waals surface area contributed by atoms with Crippen molar-refractivity contribution >= 4 is 50.6 Å². The molecule has 0 bridgehead atoms. The van der Waals surface area contributed by atoms with Gasteiger partial charge in [0.2, 0.25) is 11.8 Å². The lowest BCUT2D eigenvalue weighted by atomic mass is 10.0. The number of nitrogens with zero attached hydrogens (tertiary/aromatic N) is 3. The maximum Gasteiger partial charge on any atom is 0.359 e. The lowest BCUT2D eigenvalue weighted by Gasteiger charge is -2.16. The molecule has 1 atom stereocenters. The molecule has 3 heterocycles. The van der Waals surface area contributed by atoms with Crippen LogP contribution in [0, 0.1) is 11.7 Å². The Morgan fingerprint density at radius 3 is 2.42 bits per heavy atom. The third-order valence-corrected chi connectivity index (χ3v) is 7.69. The normalized spacial score (nSPS) is 15.2. The van der Waals surface area contributed by atoms with Gasteiger partial charge in [-0.05, 0) is 54.8 Å². The van der Waals surface area contributed by atoms with E-state index in [9.17, 15) is 23.6 Å². The van der Waals surface area contributed by atoms with E-state index in [0.29, 0.717) is 11.4 Å². The molecule has 2 aromatic heterocycles. The van der Waals surface area contributed by atoms with Crippen LogP contribution in [-0.2, 0) is 14.3 Å². The van der Waals surface area contributed by atoms with E-state index in [0.717, 1.165) is 21.6 Å². The third-order valence-electron chi connectivity index (χ3n) is 6.80. The summed E-state index contributed by atoms with van der Waals surface area (Å²) < 4.78 is 19.7. The van der Waals surface area contributed by atoms with Gasteiger partial charge in [0, 0.05) is 29.4 Å². The van der Waals surface area contributed by atoms with E-state index in [4.69, 9.17) is 4.74 Å². The molecule has 1 N–H and O–H groups in total. The number of hydrogen-bond acceptors (Lipinski definition) is 7. The second kappa shape index (κ2) is 11.0. The summed E-state index contributed by atoms with van der Waals surface area (Å²) in [4.78, 5) is 53.8. The highest BCUT2D eigenvalue weighted by atomic mass is 32.1. The van der Waals surface area contributed by atoms with Gasteiger partial charge in [-0.25, -0.2) is 9.18 Å². The van der Waals surface area contributed by atoms with E-state index in [2.05, 4.69) is 24.3 Å². The summed E-state index contributed by atoms with van der Waals surface area (Å²) in [5.74, 6) is -2.21. The molecule has 2 amide bonds. The minimum atomic E-state index is -0.688. The Hall–Kier alpha value is -4.38. The molecular formula is C29H27FN4O5S. The molecule has 0 radical (unpaired) electrons. The minimum absolute atomic E-state index is 0.0332. The fourth-order valence-corrected chi connectivity index (χ4v) is 5.57. The number of aromatic nitrogens is 2. The van der Waals surface area contributed by atoms with Crippen molar-refractivity contribution < 1.29 is 23.5 Å². The van der Waals surface area contributed by atoms with Crippen molar-refractivity contribution in [3.63, 3.8) is 0 Å². The number of amides is 2. The highest BCUT2D eigenvalue weighted by Gasteiger charge is 2.36. The Kier molecular flexibility index (Phi) is 7.49. The fraction of sp³-hybridized carbons (Fsp3) is 0.276. The van der Waals surface area contributed by atoms with Gasteiger partial charge in [-0.3, -0.25) is 14.4 Å². The summed E-state index contributed by atoms with van der Waals surface area (Å²) >= 11 is 1.09. The Labute approximate surface area is 233 Å². The van der Waals surface area contributed by atoms with Gasteiger partial charge in [-0.15, -0.1) is 11.3 Å². The molecule has 2 aromatic carbocycles. The van der Waals surface area contributed by atoms with Crippen molar-refractivity contribution in [2.75, 3.05) is 23.4 Å². The average molecular weight is 563 g/mol. The molecule has 1 aliphatic rings. The summed E-state index contributed by atoms with van der Waals surface area (Å²) in [6, 6.07) is 12.8. The first-order valence-corrected chi connectivity index (χ1v) is 13.7. The Balaban J connectivity index is 1.50. The lowest BCUT2D eigenvalue weighted by molar-refractivity contribution is -0.122. The molecule has 1 saturated heterocycles. The summed E-state index contributed by atoms with van der Waals surface area (Å²) in [6.07, 6.45) is -0.0332. The Morgan fingerprint density at radius 2 is 1.77 bits per heavy atom. The number of fused-ring (bicyclic) bond motifs is 1. The van der Waals surface area contributed by atoms with Crippen LogP contribution in [0.1, 0.15) is 49.2 Å². The maximum atomic E-state index is 13.7. The molecule has 0 saturated carbocycles. The van der Waals surface area contributed by atoms with Crippen LogP contribution in [0.3, 0.4) is 0 Å². The molecule has 9 nitrogen and oxygen atoms in total. The molecule has 1 fully saturated rings. The number of benzene rings is 2. The van der Waals surface area contributed by atoms with Crippen LogP contribution in [0.15, 0.2) is 58.7 Å². The van der Waals surface area contributed by atoms with Gasteiger partial charge in [0.25, 0.3) is 5.56 Å². The van der Waals surface area contributed by atoms with Gasteiger partial charge >= 0.3 is 5.97 Å². The number of anilines is 2. The Morgan fingerprint density at radius 1 is 1.10 bits per heavy atom. The van der Waals surface area contributed by atoms with Crippen molar-refractivity contribution in [1.82, 2.24) is 9.78 Å². The smallest absolute Gasteiger partial charge is 0.359 e. The number of nitrogens with one attached hydrogen (secondary N) is 1. The quantitative estimate of drug-likeness (QED) is 0.322. The minimum Gasteiger partial charge on any atom is -0.461 e. The van der Waals surface area contributed by atoms with E-state index in [1.807, 2.05) is 12.1 Å². The first-order chi connectivity index (χ1) is 19.2. The monoisotopic (exact) mass is 562 g/mol. The van der Waals surface area contributed by atoms with Crippen molar-refractivity contribution in [2.45, 2.75) is 33.1 Å². The number of carbonyl (C=O) groups is 3. The van der Waals surface area contributed by atoms with Gasteiger partial charge in [0.15, 0.2) is 5.69 Å². The maximum absolute atomic E-state index is 13.7. The zero-order valence-electron chi connectivity index (χ0n) is 22.1. The van der Waals surface area contributed by atoms with Crippen molar-refractivity contribution in [3.8, 4) is 5.69 Å². The number of ether oxygens (including phenoxy) is 1. The molecule has 11 heteroatoms. The van der Waals surface area contributed by atoms with Crippen LogP contribution in [-0.4, -0.2) is 40.7 Å². The molecule has 206 valence electrons. The molecule has 0 spiro atoms. The highest BCUT2D eigenvalue weighted by molar-refractivity contribution is 7.16. The van der Waals surface area contributed by atoms with Crippen LogP contribution in [0.5, 0.6) is 0 Å². The van der Waals surface area contributed by atoms with E-state index in [1.165, 1.54) is 29.2 Å². The van der Waals surface area contributed by atoms with Gasteiger partial charge in [-0.2, -0.15) is 9.78 Å². The molecule has 5 rings (SSSR count). The van der Waals surface area contributed by atoms with Crippen LogP contribution < -0.4 is 15.8 Å². The SMILES string of the molecule is CCOC(=O)c1nn(-c2ccc(C(C)C)cc2)c(=O)c2c(NC(=O)C3CC(=O)N(c4ccc(F)cc4)C3)scc12. The molecule has 1 unspecified atom stereocenters. The number of carbonyl (C=O) groups excluding carboxylic acids is 3. The first kappa shape index (κ1) is 27.2.